The summed E-state index contributed by atoms with van der Waals surface area (Å²) in [6.07, 6.45) is 9.02. The Morgan fingerprint density at radius 1 is 1.47 bits per heavy atom. The second-order valence-corrected chi connectivity index (χ2v) is 4.87. The van der Waals surface area contributed by atoms with E-state index in [-0.39, 0.29) is 5.91 Å². The third-order valence-electron chi connectivity index (χ3n) is 3.40. The first-order chi connectivity index (χ1) is 7.33. The Morgan fingerprint density at radius 3 is 3.07 bits per heavy atom. The van der Waals surface area contributed by atoms with Crippen molar-refractivity contribution in [1.82, 2.24) is 4.90 Å². The molecule has 1 heterocycles. The summed E-state index contributed by atoms with van der Waals surface area (Å²) in [5.74, 6) is 1.59. The first kappa shape index (κ1) is 11.1. The normalized spacial score (nSPS) is 25.8. The Bertz CT molecular complexity index is 275. The van der Waals surface area contributed by atoms with Crippen LogP contribution in [0.4, 0.5) is 0 Å². The van der Waals surface area contributed by atoms with Crippen molar-refractivity contribution in [3.8, 4) is 0 Å². The van der Waals surface area contributed by atoms with Crippen LogP contribution in [-0.4, -0.2) is 23.1 Å². The maximum atomic E-state index is 11.9. The lowest BCUT2D eigenvalue weighted by atomic mass is 9.85. The van der Waals surface area contributed by atoms with E-state index in [4.69, 9.17) is 0 Å². The molecule has 0 aromatic heterocycles. The minimum atomic E-state index is 0.267. The van der Waals surface area contributed by atoms with Crippen LogP contribution in [0.1, 0.15) is 38.5 Å². The van der Waals surface area contributed by atoms with Gasteiger partial charge in [0.05, 0.1) is 0 Å². The van der Waals surface area contributed by atoms with Crippen LogP contribution in [0.15, 0.2) is 11.8 Å². The average Bonchev–Trinajstić information content (AvgIpc) is 2.28. The summed E-state index contributed by atoms with van der Waals surface area (Å²) in [6.45, 7) is 0.926. The summed E-state index contributed by atoms with van der Waals surface area (Å²) >= 11 is 4.13. The lowest BCUT2D eigenvalue weighted by Crippen LogP contribution is -2.39. The fourth-order valence-corrected chi connectivity index (χ4v) is 2.87. The zero-order chi connectivity index (χ0) is 10.7. The van der Waals surface area contributed by atoms with Gasteiger partial charge in [0.1, 0.15) is 0 Å². The molecule has 2 nitrogen and oxygen atoms in total. The Kier molecular flexibility index (Phi) is 3.73. The van der Waals surface area contributed by atoms with Gasteiger partial charge in [-0.05, 0) is 43.8 Å². The quantitative estimate of drug-likeness (QED) is 0.716. The number of rotatable bonds is 2. The molecule has 0 bridgehead atoms. The van der Waals surface area contributed by atoms with E-state index in [1.807, 2.05) is 4.90 Å². The van der Waals surface area contributed by atoms with Gasteiger partial charge < -0.3 is 4.90 Å². The summed E-state index contributed by atoms with van der Waals surface area (Å²) in [5.41, 5.74) is 1.32. The van der Waals surface area contributed by atoms with E-state index in [0.717, 1.165) is 13.0 Å². The number of hydrogen-bond donors (Lipinski definition) is 1. The molecular formula is C12H19NOS. The van der Waals surface area contributed by atoms with E-state index >= 15 is 0 Å². The summed E-state index contributed by atoms with van der Waals surface area (Å²) < 4.78 is 0. The Balaban J connectivity index is 2.09. The van der Waals surface area contributed by atoms with Crippen molar-refractivity contribution in [3.63, 3.8) is 0 Å². The molecule has 0 aromatic carbocycles. The van der Waals surface area contributed by atoms with Gasteiger partial charge in [0, 0.05) is 18.7 Å². The van der Waals surface area contributed by atoms with Gasteiger partial charge in [0.15, 0.2) is 0 Å². The summed E-state index contributed by atoms with van der Waals surface area (Å²) in [7, 11) is 0. The van der Waals surface area contributed by atoms with Gasteiger partial charge in [-0.15, -0.1) is 0 Å². The molecular weight excluding hydrogens is 206 g/mol. The monoisotopic (exact) mass is 225 g/mol. The second-order valence-electron chi connectivity index (χ2n) is 4.42. The molecule has 0 radical (unpaired) electrons. The third-order valence-corrected chi connectivity index (χ3v) is 3.62. The van der Waals surface area contributed by atoms with Gasteiger partial charge in [-0.25, -0.2) is 0 Å². The molecule has 3 heteroatoms. The molecule has 15 heavy (non-hydrogen) atoms. The number of amides is 1. The van der Waals surface area contributed by atoms with Crippen molar-refractivity contribution in [1.29, 1.82) is 0 Å². The predicted molar refractivity (Wildman–Crippen MR) is 64.8 cm³/mol. The number of fused-ring (bicyclic) bond motifs is 1. The molecule has 2 rings (SSSR count). The average molecular weight is 225 g/mol. The van der Waals surface area contributed by atoms with Gasteiger partial charge in [-0.2, -0.15) is 12.6 Å². The first-order valence-corrected chi connectivity index (χ1v) is 6.57. The van der Waals surface area contributed by atoms with E-state index in [1.54, 1.807) is 0 Å². The Hall–Kier alpha value is -0.440. The summed E-state index contributed by atoms with van der Waals surface area (Å²) in [5, 5.41) is 0. The van der Waals surface area contributed by atoms with Gasteiger partial charge in [0.25, 0.3) is 0 Å². The molecule has 84 valence electrons. The van der Waals surface area contributed by atoms with Crippen LogP contribution in [0.25, 0.3) is 0 Å². The van der Waals surface area contributed by atoms with Gasteiger partial charge in [-0.1, -0.05) is 6.08 Å². The zero-order valence-electron chi connectivity index (χ0n) is 9.11. The minimum absolute atomic E-state index is 0.267. The van der Waals surface area contributed by atoms with Crippen molar-refractivity contribution in [2.75, 3.05) is 12.3 Å². The van der Waals surface area contributed by atoms with Crippen molar-refractivity contribution in [3.05, 3.63) is 11.8 Å². The van der Waals surface area contributed by atoms with Gasteiger partial charge in [0.2, 0.25) is 5.91 Å². The van der Waals surface area contributed by atoms with Gasteiger partial charge in [-0.3, -0.25) is 4.79 Å². The molecule has 0 N–H and O–H groups in total. The lowest BCUT2D eigenvalue weighted by Gasteiger charge is -2.38. The number of carbonyl (C=O) groups excluding carboxylic acids is 1. The lowest BCUT2D eigenvalue weighted by molar-refractivity contribution is -0.130. The molecule has 0 aromatic rings. The molecule has 1 unspecified atom stereocenters. The number of allylic oxidation sites excluding steroid dienone is 2. The molecule has 1 amide bonds. The highest BCUT2D eigenvalue weighted by molar-refractivity contribution is 7.80. The molecule has 1 atom stereocenters. The highest BCUT2D eigenvalue weighted by Crippen LogP contribution is 2.35. The van der Waals surface area contributed by atoms with Crippen molar-refractivity contribution >= 4 is 18.5 Å². The SMILES string of the molecule is O=C(CCS)N1CCCC2CCCC=C21. The standard InChI is InChI=1S/C12H19NOS/c14-12(7-9-15)13-8-3-5-10-4-1-2-6-11(10)13/h6,10,15H,1-5,7-9H2. The fourth-order valence-electron chi connectivity index (χ4n) is 2.68. The number of carbonyl (C=O) groups is 1. The van der Waals surface area contributed by atoms with Crippen molar-refractivity contribution in [2.45, 2.75) is 38.5 Å². The van der Waals surface area contributed by atoms with Crippen LogP contribution in [0.5, 0.6) is 0 Å². The Labute approximate surface area is 97.1 Å². The van der Waals surface area contributed by atoms with Crippen LogP contribution in [-0.2, 0) is 4.79 Å². The highest BCUT2D eigenvalue weighted by atomic mass is 32.1. The van der Waals surface area contributed by atoms with Crippen LogP contribution in [0.2, 0.25) is 0 Å². The zero-order valence-corrected chi connectivity index (χ0v) is 10.0. The predicted octanol–water partition coefficient (Wildman–Crippen LogP) is 2.61. The van der Waals surface area contributed by atoms with Crippen LogP contribution >= 0.6 is 12.6 Å². The van der Waals surface area contributed by atoms with Crippen molar-refractivity contribution < 1.29 is 4.79 Å². The molecule has 2 aliphatic rings. The number of piperidine rings is 1. The highest BCUT2D eigenvalue weighted by Gasteiger charge is 2.29. The smallest absolute Gasteiger partial charge is 0.227 e. The van der Waals surface area contributed by atoms with Crippen molar-refractivity contribution in [2.24, 2.45) is 5.92 Å². The van der Waals surface area contributed by atoms with E-state index in [0.29, 0.717) is 18.1 Å². The number of likely N-dealkylation sites (tertiary alicyclic amines) is 1. The van der Waals surface area contributed by atoms with Crippen LogP contribution in [0.3, 0.4) is 0 Å². The van der Waals surface area contributed by atoms with E-state index < -0.39 is 0 Å². The minimum Gasteiger partial charge on any atom is -0.316 e. The maximum absolute atomic E-state index is 11.9. The molecule has 1 aliphatic heterocycles. The first-order valence-electron chi connectivity index (χ1n) is 5.94. The van der Waals surface area contributed by atoms with Crippen LogP contribution < -0.4 is 0 Å². The van der Waals surface area contributed by atoms with E-state index in [9.17, 15) is 4.79 Å². The number of thiol groups is 1. The molecule has 1 saturated heterocycles. The molecule has 0 spiro atoms. The van der Waals surface area contributed by atoms with E-state index in [2.05, 4.69) is 18.7 Å². The number of hydrogen-bond acceptors (Lipinski definition) is 2. The summed E-state index contributed by atoms with van der Waals surface area (Å²) in [4.78, 5) is 13.9. The van der Waals surface area contributed by atoms with Gasteiger partial charge >= 0.3 is 0 Å². The molecule has 1 aliphatic carbocycles. The fraction of sp³-hybridized carbons (Fsp3) is 0.750. The largest absolute Gasteiger partial charge is 0.316 e. The van der Waals surface area contributed by atoms with Crippen LogP contribution in [0, 0.1) is 5.92 Å². The second kappa shape index (κ2) is 5.06. The molecule has 0 saturated carbocycles. The Morgan fingerprint density at radius 2 is 2.27 bits per heavy atom. The number of nitrogens with zero attached hydrogens (tertiary/aromatic N) is 1. The maximum Gasteiger partial charge on any atom is 0.227 e. The topological polar surface area (TPSA) is 20.3 Å². The summed E-state index contributed by atoms with van der Waals surface area (Å²) in [6, 6.07) is 0. The third kappa shape index (κ3) is 2.39. The molecule has 1 fully saturated rings. The van der Waals surface area contributed by atoms with E-state index in [1.165, 1.54) is 31.4 Å².